The molecule has 0 radical (unpaired) electrons. The molecular formula is C16H26N2O4. The van der Waals surface area contributed by atoms with Gasteiger partial charge in [-0.2, -0.15) is 0 Å². The molecule has 0 aromatic carbocycles. The molecule has 1 aliphatic rings. The fourth-order valence-corrected chi connectivity index (χ4v) is 2.23. The minimum Gasteiger partial charge on any atom is -0.500 e. The summed E-state index contributed by atoms with van der Waals surface area (Å²) in [6, 6.07) is 0. The highest BCUT2D eigenvalue weighted by molar-refractivity contribution is 5.86. The van der Waals surface area contributed by atoms with E-state index in [0.717, 1.165) is 45.5 Å². The number of hydrogen-bond acceptors (Lipinski definition) is 5. The summed E-state index contributed by atoms with van der Waals surface area (Å²) in [6.07, 6.45) is 11.7. The number of carbonyl (C=O) groups is 1. The second-order valence-corrected chi connectivity index (χ2v) is 5.03. The van der Waals surface area contributed by atoms with Crippen molar-refractivity contribution in [2.75, 3.05) is 32.8 Å². The lowest BCUT2D eigenvalue weighted by atomic mass is 10.2. The van der Waals surface area contributed by atoms with Gasteiger partial charge in [-0.25, -0.2) is 5.48 Å². The first-order chi connectivity index (χ1) is 10.8. The van der Waals surface area contributed by atoms with Crippen LogP contribution in [0.1, 0.15) is 19.3 Å². The van der Waals surface area contributed by atoms with Crippen LogP contribution in [0.15, 0.2) is 37.1 Å². The van der Waals surface area contributed by atoms with Gasteiger partial charge in [0.15, 0.2) is 0 Å². The Morgan fingerprint density at radius 1 is 1.45 bits per heavy atom. The zero-order chi connectivity index (χ0) is 16.0. The lowest BCUT2D eigenvalue weighted by molar-refractivity contribution is -0.124. The van der Waals surface area contributed by atoms with Gasteiger partial charge in [-0.1, -0.05) is 24.8 Å². The number of ether oxygens (including phenoxy) is 2. The summed E-state index contributed by atoms with van der Waals surface area (Å²) in [5.74, 6) is -0.542. The molecule has 0 aromatic heterocycles. The first-order valence-electron chi connectivity index (χ1n) is 7.60. The monoisotopic (exact) mass is 310 g/mol. The quantitative estimate of drug-likeness (QED) is 0.152. The molecule has 0 aliphatic carbocycles. The summed E-state index contributed by atoms with van der Waals surface area (Å²) in [4.78, 5) is 13.1. The van der Waals surface area contributed by atoms with E-state index in [1.807, 2.05) is 6.08 Å². The Hall–Kier alpha value is -1.63. The molecule has 1 heterocycles. The third-order valence-electron chi connectivity index (χ3n) is 3.40. The molecule has 0 spiro atoms. The zero-order valence-electron chi connectivity index (χ0n) is 12.9. The topological polar surface area (TPSA) is 71.0 Å². The molecule has 1 amide bonds. The predicted octanol–water partition coefficient (Wildman–Crippen LogP) is 1.64. The van der Waals surface area contributed by atoms with Gasteiger partial charge >= 0.3 is 0 Å². The van der Waals surface area contributed by atoms with Crippen molar-refractivity contribution in [1.82, 2.24) is 10.4 Å². The highest BCUT2D eigenvalue weighted by Gasteiger charge is 2.16. The molecule has 1 rings (SSSR count). The van der Waals surface area contributed by atoms with E-state index in [2.05, 4.69) is 11.5 Å². The molecule has 1 saturated heterocycles. The molecule has 0 bridgehead atoms. The fraction of sp³-hybridized carbons (Fsp3) is 0.562. The van der Waals surface area contributed by atoms with E-state index in [-0.39, 0.29) is 0 Å². The molecule has 6 nitrogen and oxygen atoms in total. The largest absolute Gasteiger partial charge is 0.500 e. The number of hydroxylamine groups is 1. The summed E-state index contributed by atoms with van der Waals surface area (Å²) in [5.41, 5.74) is 1.54. The Morgan fingerprint density at radius 3 is 3.00 bits per heavy atom. The van der Waals surface area contributed by atoms with E-state index >= 15 is 0 Å². The van der Waals surface area contributed by atoms with Gasteiger partial charge in [0.25, 0.3) is 5.91 Å². The van der Waals surface area contributed by atoms with Crippen molar-refractivity contribution < 1.29 is 19.5 Å². The Morgan fingerprint density at radius 2 is 2.32 bits per heavy atom. The SMILES string of the molecule is C=COCCN(C/C=C/C=C/C(=O)NO)CCC1CCCO1. The van der Waals surface area contributed by atoms with E-state index in [0.29, 0.717) is 12.7 Å². The average molecular weight is 310 g/mol. The van der Waals surface area contributed by atoms with E-state index in [4.69, 9.17) is 14.7 Å². The maximum absolute atomic E-state index is 10.8. The van der Waals surface area contributed by atoms with Crippen LogP contribution < -0.4 is 5.48 Å². The average Bonchev–Trinajstić information content (AvgIpc) is 3.04. The Bertz CT molecular complexity index is 376. The number of hydrogen-bond donors (Lipinski definition) is 2. The van der Waals surface area contributed by atoms with Gasteiger partial charge in [0, 0.05) is 32.3 Å². The molecule has 0 aromatic rings. The predicted molar refractivity (Wildman–Crippen MR) is 84.4 cm³/mol. The Kier molecular flexibility index (Phi) is 10.0. The van der Waals surface area contributed by atoms with Gasteiger partial charge in [-0.05, 0) is 19.3 Å². The number of rotatable bonds is 11. The second-order valence-electron chi connectivity index (χ2n) is 5.03. The number of amides is 1. The number of carbonyl (C=O) groups excluding carboxylic acids is 1. The summed E-state index contributed by atoms with van der Waals surface area (Å²) in [7, 11) is 0. The number of allylic oxidation sites excluding steroid dienone is 2. The molecule has 1 aliphatic heterocycles. The minimum absolute atomic E-state index is 0.375. The second kappa shape index (κ2) is 12.0. The van der Waals surface area contributed by atoms with E-state index < -0.39 is 5.91 Å². The van der Waals surface area contributed by atoms with Crippen LogP contribution in [0, 0.1) is 0 Å². The van der Waals surface area contributed by atoms with Crippen molar-refractivity contribution in [3.05, 3.63) is 37.1 Å². The van der Waals surface area contributed by atoms with Crippen LogP contribution in [0.3, 0.4) is 0 Å². The van der Waals surface area contributed by atoms with Crippen LogP contribution in [0.4, 0.5) is 0 Å². The van der Waals surface area contributed by atoms with Gasteiger partial charge < -0.3 is 9.47 Å². The molecule has 1 unspecified atom stereocenters. The van der Waals surface area contributed by atoms with Crippen LogP contribution in [-0.4, -0.2) is 55.0 Å². The smallest absolute Gasteiger partial charge is 0.267 e. The molecule has 1 fully saturated rings. The maximum atomic E-state index is 10.8. The summed E-state index contributed by atoms with van der Waals surface area (Å²) < 4.78 is 10.8. The fourth-order valence-electron chi connectivity index (χ4n) is 2.23. The van der Waals surface area contributed by atoms with Gasteiger partial charge in [-0.15, -0.1) is 0 Å². The van der Waals surface area contributed by atoms with Crippen molar-refractivity contribution in [2.24, 2.45) is 0 Å². The van der Waals surface area contributed by atoms with Crippen molar-refractivity contribution in [3.8, 4) is 0 Å². The summed E-state index contributed by atoms with van der Waals surface area (Å²) in [5, 5.41) is 8.36. The van der Waals surface area contributed by atoms with Gasteiger partial charge in [0.1, 0.15) is 0 Å². The molecule has 6 heteroatoms. The maximum Gasteiger partial charge on any atom is 0.267 e. The minimum atomic E-state index is -0.542. The lowest BCUT2D eigenvalue weighted by Crippen LogP contribution is -2.30. The highest BCUT2D eigenvalue weighted by atomic mass is 16.5. The third-order valence-corrected chi connectivity index (χ3v) is 3.40. The first kappa shape index (κ1) is 18.4. The van der Waals surface area contributed by atoms with Crippen LogP contribution in [0.25, 0.3) is 0 Å². The van der Waals surface area contributed by atoms with Crippen LogP contribution in [0.2, 0.25) is 0 Å². The molecule has 0 saturated carbocycles. The molecule has 124 valence electrons. The van der Waals surface area contributed by atoms with Crippen LogP contribution >= 0.6 is 0 Å². The van der Waals surface area contributed by atoms with Crippen molar-refractivity contribution in [2.45, 2.75) is 25.4 Å². The van der Waals surface area contributed by atoms with Gasteiger partial charge in [-0.3, -0.25) is 14.9 Å². The third kappa shape index (κ3) is 8.61. The van der Waals surface area contributed by atoms with Crippen LogP contribution in [0.5, 0.6) is 0 Å². The molecular weight excluding hydrogens is 284 g/mol. The van der Waals surface area contributed by atoms with Crippen molar-refractivity contribution >= 4 is 5.91 Å². The van der Waals surface area contributed by atoms with E-state index in [1.165, 1.54) is 12.3 Å². The lowest BCUT2D eigenvalue weighted by Gasteiger charge is -2.22. The molecule has 2 N–H and O–H groups in total. The first-order valence-corrected chi connectivity index (χ1v) is 7.60. The van der Waals surface area contributed by atoms with E-state index in [1.54, 1.807) is 17.6 Å². The van der Waals surface area contributed by atoms with Crippen molar-refractivity contribution in [3.63, 3.8) is 0 Å². The van der Waals surface area contributed by atoms with Gasteiger partial charge in [0.2, 0.25) is 0 Å². The van der Waals surface area contributed by atoms with Gasteiger partial charge in [0.05, 0.1) is 19.0 Å². The van der Waals surface area contributed by atoms with E-state index in [9.17, 15) is 4.79 Å². The van der Waals surface area contributed by atoms with Crippen LogP contribution in [-0.2, 0) is 14.3 Å². The number of nitrogens with one attached hydrogen (secondary N) is 1. The van der Waals surface area contributed by atoms with Crippen molar-refractivity contribution in [1.29, 1.82) is 0 Å². The molecule has 1 atom stereocenters. The highest BCUT2D eigenvalue weighted by Crippen LogP contribution is 2.15. The standard InChI is InChI=1S/C16H26N2O4/c1-2-21-14-12-18(11-9-15-7-6-13-22-15)10-5-3-4-8-16(19)17-20/h2-5,8,15,20H,1,6-7,9-14H2,(H,17,19)/b5-3+,8-4+. The summed E-state index contributed by atoms with van der Waals surface area (Å²) in [6.45, 7) is 7.53. The Labute approximate surface area is 132 Å². The molecule has 22 heavy (non-hydrogen) atoms. The Balaban J connectivity index is 2.32. The summed E-state index contributed by atoms with van der Waals surface area (Å²) >= 11 is 0. The number of nitrogens with zero attached hydrogens (tertiary/aromatic N) is 1. The zero-order valence-corrected chi connectivity index (χ0v) is 12.9. The normalized spacial score (nSPS) is 18.4.